The summed E-state index contributed by atoms with van der Waals surface area (Å²) in [6.45, 7) is 4.86. The molecule has 3 heterocycles. The van der Waals surface area contributed by atoms with E-state index in [0.717, 1.165) is 44.0 Å². The van der Waals surface area contributed by atoms with Gasteiger partial charge in [-0.2, -0.15) is 0 Å². The van der Waals surface area contributed by atoms with Crippen LogP contribution < -0.4 is 10.4 Å². The lowest BCUT2D eigenvalue weighted by atomic mass is 9.98. The smallest absolute Gasteiger partial charge is 0.164 e. The van der Waals surface area contributed by atoms with Gasteiger partial charge in [0.25, 0.3) is 0 Å². The number of benzene rings is 6. The van der Waals surface area contributed by atoms with Crippen LogP contribution in [0.15, 0.2) is 132 Å². The molecular formula is C39H27N3OSi. The molecule has 0 N–H and O–H groups in total. The maximum Gasteiger partial charge on any atom is 0.164 e. The van der Waals surface area contributed by atoms with E-state index in [4.69, 9.17) is 19.4 Å². The number of para-hydroxylation sites is 1. The molecule has 2 aromatic heterocycles. The number of rotatable bonds is 3. The molecule has 1 aliphatic rings. The average Bonchev–Trinajstić information content (AvgIpc) is 3.57. The fraction of sp³-hybridized carbons (Fsp3) is 0.0513. The second-order valence-corrected chi connectivity index (χ2v) is 16.4. The van der Waals surface area contributed by atoms with Crippen molar-refractivity contribution in [3.05, 3.63) is 127 Å². The Hall–Kier alpha value is -5.39. The number of hydrogen-bond acceptors (Lipinski definition) is 4. The molecule has 8 aromatic rings. The van der Waals surface area contributed by atoms with Crippen LogP contribution in [0.1, 0.15) is 0 Å². The van der Waals surface area contributed by atoms with Crippen LogP contribution in [-0.2, 0) is 0 Å². The number of fused-ring (bicyclic) bond motifs is 8. The molecule has 0 bridgehead atoms. The van der Waals surface area contributed by atoms with E-state index in [1.807, 2.05) is 24.3 Å². The van der Waals surface area contributed by atoms with Gasteiger partial charge in [-0.05, 0) is 44.9 Å². The zero-order valence-electron chi connectivity index (χ0n) is 24.4. The van der Waals surface area contributed by atoms with Gasteiger partial charge in [0.05, 0.1) is 0 Å². The Balaban J connectivity index is 1.38. The zero-order valence-corrected chi connectivity index (χ0v) is 25.4. The normalized spacial score (nSPS) is 13.4. The molecule has 208 valence electrons. The summed E-state index contributed by atoms with van der Waals surface area (Å²) in [6, 6.07) is 44.5. The van der Waals surface area contributed by atoms with Gasteiger partial charge in [0.2, 0.25) is 0 Å². The fourth-order valence-electron chi connectivity index (χ4n) is 6.90. The van der Waals surface area contributed by atoms with E-state index in [0.29, 0.717) is 17.5 Å². The summed E-state index contributed by atoms with van der Waals surface area (Å²) in [4.78, 5) is 15.4. The maximum absolute atomic E-state index is 6.74. The molecule has 5 heteroatoms. The predicted molar refractivity (Wildman–Crippen MR) is 183 cm³/mol. The Morgan fingerprint density at radius 2 is 1.20 bits per heavy atom. The van der Waals surface area contributed by atoms with E-state index in [1.54, 1.807) is 0 Å². The van der Waals surface area contributed by atoms with E-state index >= 15 is 0 Å². The molecule has 0 atom stereocenters. The van der Waals surface area contributed by atoms with Gasteiger partial charge in [0.1, 0.15) is 19.2 Å². The third-order valence-corrected chi connectivity index (χ3v) is 12.6. The maximum atomic E-state index is 6.74. The topological polar surface area (TPSA) is 51.8 Å². The Morgan fingerprint density at radius 3 is 2.07 bits per heavy atom. The third kappa shape index (κ3) is 3.66. The molecule has 0 aliphatic carbocycles. The van der Waals surface area contributed by atoms with E-state index < -0.39 is 8.07 Å². The first-order chi connectivity index (χ1) is 21.6. The van der Waals surface area contributed by atoms with Gasteiger partial charge in [0.15, 0.2) is 17.5 Å². The number of hydrogen-bond donors (Lipinski definition) is 0. The first-order valence-corrected chi connectivity index (χ1v) is 18.0. The van der Waals surface area contributed by atoms with Crippen molar-refractivity contribution in [2.24, 2.45) is 0 Å². The Kier molecular flexibility index (Phi) is 5.31. The molecule has 0 radical (unpaired) electrons. The first-order valence-electron chi connectivity index (χ1n) is 15.0. The highest BCUT2D eigenvalue weighted by molar-refractivity contribution is 7.04. The number of furan rings is 1. The molecule has 44 heavy (non-hydrogen) atoms. The Labute approximate surface area is 255 Å². The van der Waals surface area contributed by atoms with Gasteiger partial charge >= 0.3 is 0 Å². The number of aromatic nitrogens is 3. The highest BCUT2D eigenvalue weighted by Gasteiger charge is 2.40. The lowest BCUT2D eigenvalue weighted by Gasteiger charge is -2.19. The van der Waals surface area contributed by atoms with Crippen molar-refractivity contribution in [1.82, 2.24) is 15.0 Å². The van der Waals surface area contributed by atoms with Crippen molar-refractivity contribution in [2.45, 2.75) is 13.1 Å². The van der Waals surface area contributed by atoms with Crippen LogP contribution in [0.4, 0.5) is 0 Å². The third-order valence-electron chi connectivity index (χ3n) is 9.11. The van der Waals surface area contributed by atoms with Crippen LogP contribution in [0.25, 0.3) is 78.0 Å². The summed E-state index contributed by atoms with van der Waals surface area (Å²) in [6.07, 6.45) is 0. The summed E-state index contributed by atoms with van der Waals surface area (Å²) in [5, 5.41) is 7.25. The van der Waals surface area contributed by atoms with Crippen molar-refractivity contribution in [1.29, 1.82) is 0 Å². The summed E-state index contributed by atoms with van der Waals surface area (Å²) in [5.41, 5.74) is 7.19. The molecule has 1 aliphatic heterocycles. The number of nitrogens with zero attached hydrogens (tertiary/aromatic N) is 3. The molecule has 0 amide bonds. The molecule has 0 unspecified atom stereocenters. The van der Waals surface area contributed by atoms with E-state index in [-0.39, 0.29) is 0 Å². The minimum absolute atomic E-state index is 0.653. The largest absolute Gasteiger partial charge is 0.455 e. The molecule has 0 fully saturated rings. The highest BCUT2D eigenvalue weighted by Crippen LogP contribution is 2.43. The van der Waals surface area contributed by atoms with Gasteiger partial charge in [-0.3, -0.25) is 0 Å². The quantitative estimate of drug-likeness (QED) is 0.196. The fourth-order valence-corrected chi connectivity index (χ4v) is 9.96. The summed E-state index contributed by atoms with van der Waals surface area (Å²) >= 11 is 0. The minimum atomic E-state index is -2.03. The van der Waals surface area contributed by atoms with Gasteiger partial charge < -0.3 is 4.42 Å². The molecule has 4 nitrogen and oxygen atoms in total. The van der Waals surface area contributed by atoms with Gasteiger partial charge in [0, 0.05) is 33.0 Å². The van der Waals surface area contributed by atoms with Crippen LogP contribution in [0.2, 0.25) is 13.1 Å². The van der Waals surface area contributed by atoms with Crippen molar-refractivity contribution < 1.29 is 4.42 Å². The summed E-state index contributed by atoms with van der Waals surface area (Å²) < 4.78 is 6.74. The second kappa shape index (κ2) is 9.30. The molecule has 0 saturated carbocycles. The molecule has 6 aromatic carbocycles. The van der Waals surface area contributed by atoms with Crippen molar-refractivity contribution in [2.75, 3.05) is 0 Å². The Bertz CT molecular complexity index is 2430. The lowest BCUT2D eigenvalue weighted by Crippen LogP contribution is -2.49. The summed E-state index contributed by atoms with van der Waals surface area (Å²) in [5.74, 6) is 1.96. The summed E-state index contributed by atoms with van der Waals surface area (Å²) in [7, 11) is -2.03. The van der Waals surface area contributed by atoms with Crippen LogP contribution in [-0.4, -0.2) is 23.0 Å². The van der Waals surface area contributed by atoms with E-state index in [2.05, 4.69) is 116 Å². The van der Waals surface area contributed by atoms with Crippen LogP contribution in [0.5, 0.6) is 0 Å². The first kappa shape index (κ1) is 25.1. The van der Waals surface area contributed by atoms with Crippen LogP contribution >= 0.6 is 0 Å². The van der Waals surface area contributed by atoms with Gasteiger partial charge in [-0.1, -0.05) is 122 Å². The zero-order chi connectivity index (χ0) is 29.4. The minimum Gasteiger partial charge on any atom is -0.455 e. The predicted octanol–water partition coefficient (Wildman–Crippen LogP) is 8.73. The van der Waals surface area contributed by atoms with Gasteiger partial charge in [-0.25, -0.2) is 15.0 Å². The van der Waals surface area contributed by atoms with Gasteiger partial charge in [-0.15, -0.1) is 0 Å². The molecule has 0 saturated heterocycles. The monoisotopic (exact) mass is 581 g/mol. The van der Waals surface area contributed by atoms with Crippen molar-refractivity contribution in [3.63, 3.8) is 0 Å². The SMILES string of the molecule is C[Si]1(C)c2ccccc2-c2c1cc(-c1nc(-c3ccccc3)nc(-c3ccc4ccccc4c3)n1)c1c2oc2ccccc21. The molecule has 9 rings (SSSR count). The van der Waals surface area contributed by atoms with Crippen LogP contribution in [0.3, 0.4) is 0 Å². The van der Waals surface area contributed by atoms with Crippen LogP contribution in [0, 0.1) is 0 Å². The standard InChI is InChI=1S/C39H27N3OSi/c1-44(2)32-19-11-9-17-29(32)35-33(44)23-30(34-28-16-8-10-18-31(28)43-36(34)35)39-41-37(25-13-4-3-5-14-25)40-38(42-39)27-21-20-24-12-6-7-15-26(24)22-27/h3-23H,1-2H3. The van der Waals surface area contributed by atoms with E-state index in [9.17, 15) is 0 Å². The average molecular weight is 582 g/mol. The Morgan fingerprint density at radius 1 is 0.523 bits per heavy atom. The van der Waals surface area contributed by atoms with E-state index in [1.165, 1.54) is 26.9 Å². The molecular weight excluding hydrogens is 555 g/mol. The van der Waals surface area contributed by atoms with Crippen molar-refractivity contribution >= 4 is 51.2 Å². The van der Waals surface area contributed by atoms with Crippen molar-refractivity contribution in [3.8, 4) is 45.3 Å². The highest BCUT2D eigenvalue weighted by atomic mass is 28.3. The lowest BCUT2D eigenvalue weighted by molar-refractivity contribution is 0.670. The second-order valence-electron chi connectivity index (χ2n) is 12.1. The molecule has 0 spiro atoms.